The number of rotatable bonds is 8. The Morgan fingerprint density at radius 1 is 1.32 bits per heavy atom. The molecule has 19 heavy (non-hydrogen) atoms. The summed E-state index contributed by atoms with van der Waals surface area (Å²) in [6.07, 6.45) is 2.00. The van der Waals surface area contributed by atoms with E-state index in [-0.39, 0.29) is 0 Å². The van der Waals surface area contributed by atoms with Crippen LogP contribution < -0.4 is 15.4 Å². The molecule has 2 N–H and O–H groups in total. The molecule has 0 atom stereocenters. The molecule has 0 saturated carbocycles. The number of ether oxygens (including phenoxy) is 2. The highest BCUT2D eigenvalue weighted by molar-refractivity contribution is 7.80. The number of anilines is 1. The van der Waals surface area contributed by atoms with Gasteiger partial charge in [0.15, 0.2) is 5.11 Å². The summed E-state index contributed by atoms with van der Waals surface area (Å²) in [7, 11) is 1.64. The number of methoxy groups -OCH3 is 1. The SMILES string of the molecule is CCCOCCCNC(=S)Nc1cccc(OC)c1. The molecule has 0 amide bonds. The third kappa shape index (κ3) is 6.98. The molecule has 0 bridgehead atoms. The molecular weight excluding hydrogens is 260 g/mol. The number of benzene rings is 1. The molecule has 0 aliphatic heterocycles. The van der Waals surface area contributed by atoms with Gasteiger partial charge in [-0.05, 0) is 37.2 Å². The van der Waals surface area contributed by atoms with Crippen molar-refractivity contribution in [3.8, 4) is 5.75 Å². The molecular formula is C14H22N2O2S. The van der Waals surface area contributed by atoms with Crippen LogP contribution in [-0.4, -0.2) is 32.0 Å². The van der Waals surface area contributed by atoms with Crippen LogP contribution in [0.2, 0.25) is 0 Å². The van der Waals surface area contributed by atoms with E-state index in [0.717, 1.165) is 44.0 Å². The average molecular weight is 282 g/mol. The number of hydrogen-bond donors (Lipinski definition) is 2. The molecule has 106 valence electrons. The summed E-state index contributed by atoms with van der Waals surface area (Å²) in [6.45, 7) is 4.50. The maximum absolute atomic E-state index is 5.39. The van der Waals surface area contributed by atoms with E-state index in [1.54, 1.807) is 7.11 Å². The zero-order valence-electron chi connectivity index (χ0n) is 11.6. The summed E-state index contributed by atoms with van der Waals surface area (Å²) >= 11 is 5.21. The van der Waals surface area contributed by atoms with Gasteiger partial charge in [0.25, 0.3) is 0 Å². The minimum atomic E-state index is 0.615. The van der Waals surface area contributed by atoms with Gasteiger partial charge in [-0.15, -0.1) is 0 Å². The number of nitrogens with one attached hydrogen (secondary N) is 2. The van der Waals surface area contributed by atoms with Crippen molar-refractivity contribution in [2.45, 2.75) is 19.8 Å². The molecule has 0 aliphatic carbocycles. The summed E-state index contributed by atoms with van der Waals surface area (Å²) in [5.74, 6) is 0.806. The van der Waals surface area contributed by atoms with Crippen LogP contribution in [0, 0.1) is 0 Å². The van der Waals surface area contributed by atoms with Crippen LogP contribution in [0.15, 0.2) is 24.3 Å². The molecule has 0 fully saturated rings. The Morgan fingerprint density at radius 2 is 2.16 bits per heavy atom. The number of hydrogen-bond acceptors (Lipinski definition) is 3. The first kappa shape index (κ1) is 15.7. The minimum absolute atomic E-state index is 0.615. The van der Waals surface area contributed by atoms with Gasteiger partial charge in [-0.2, -0.15) is 0 Å². The lowest BCUT2D eigenvalue weighted by Crippen LogP contribution is -2.29. The van der Waals surface area contributed by atoms with E-state index in [1.807, 2.05) is 24.3 Å². The van der Waals surface area contributed by atoms with Gasteiger partial charge in [0, 0.05) is 31.5 Å². The van der Waals surface area contributed by atoms with E-state index in [0.29, 0.717) is 5.11 Å². The molecule has 0 aliphatic rings. The first-order valence-corrected chi connectivity index (χ1v) is 6.93. The van der Waals surface area contributed by atoms with Gasteiger partial charge in [0.05, 0.1) is 7.11 Å². The van der Waals surface area contributed by atoms with Crippen LogP contribution in [0.3, 0.4) is 0 Å². The van der Waals surface area contributed by atoms with Crippen LogP contribution in [0.25, 0.3) is 0 Å². The summed E-state index contributed by atoms with van der Waals surface area (Å²) in [5, 5.41) is 6.88. The van der Waals surface area contributed by atoms with Crippen molar-refractivity contribution in [2.24, 2.45) is 0 Å². The highest BCUT2D eigenvalue weighted by Gasteiger charge is 1.98. The summed E-state index contributed by atoms with van der Waals surface area (Å²) in [6, 6.07) is 7.66. The topological polar surface area (TPSA) is 42.5 Å². The molecule has 1 rings (SSSR count). The molecule has 4 nitrogen and oxygen atoms in total. The fourth-order valence-corrected chi connectivity index (χ4v) is 1.72. The third-order valence-electron chi connectivity index (χ3n) is 2.43. The Balaban J connectivity index is 2.19. The zero-order valence-corrected chi connectivity index (χ0v) is 12.4. The Hall–Kier alpha value is -1.33. The molecule has 0 unspecified atom stereocenters. The van der Waals surface area contributed by atoms with Gasteiger partial charge in [0.1, 0.15) is 5.75 Å². The Bertz CT molecular complexity index is 385. The van der Waals surface area contributed by atoms with E-state index in [9.17, 15) is 0 Å². The van der Waals surface area contributed by atoms with E-state index in [1.165, 1.54) is 0 Å². The average Bonchev–Trinajstić information content (AvgIpc) is 2.43. The van der Waals surface area contributed by atoms with Crippen LogP contribution in [-0.2, 0) is 4.74 Å². The fraction of sp³-hybridized carbons (Fsp3) is 0.500. The summed E-state index contributed by atoms with van der Waals surface area (Å²) in [4.78, 5) is 0. The van der Waals surface area contributed by atoms with Crippen LogP contribution in [0.1, 0.15) is 19.8 Å². The third-order valence-corrected chi connectivity index (χ3v) is 2.67. The monoisotopic (exact) mass is 282 g/mol. The maximum Gasteiger partial charge on any atom is 0.170 e. The lowest BCUT2D eigenvalue weighted by atomic mass is 10.3. The smallest absolute Gasteiger partial charge is 0.170 e. The Morgan fingerprint density at radius 3 is 2.89 bits per heavy atom. The minimum Gasteiger partial charge on any atom is -0.497 e. The van der Waals surface area contributed by atoms with Crippen molar-refractivity contribution in [1.29, 1.82) is 0 Å². The highest BCUT2D eigenvalue weighted by atomic mass is 32.1. The van der Waals surface area contributed by atoms with E-state index in [2.05, 4.69) is 17.6 Å². The van der Waals surface area contributed by atoms with Crippen molar-refractivity contribution in [3.05, 3.63) is 24.3 Å². The summed E-state index contributed by atoms with van der Waals surface area (Å²) < 4.78 is 10.5. The first-order chi connectivity index (χ1) is 9.26. The molecule has 5 heteroatoms. The van der Waals surface area contributed by atoms with Crippen molar-refractivity contribution >= 4 is 23.0 Å². The van der Waals surface area contributed by atoms with E-state index in [4.69, 9.17) is 21.7 Å². The first-order valence-electron chi connectivity index (χ1n) is 6.53. The Labute approximate surface area is 120 Å². The van der Waals surface area contributed by atoms with Gasteiger partial charge in [-0.25, -0.2) is 0 Å². The molecule has 1 aromatic carbocycles. The summed E-state index contributed by atoms with van der Waals surface area (Å²) in [5.41, 5.74) is 0.916. The fourth-order valence-electron chi connectivity index (χ4n) is 1.50. The predicted molar refractivity (Wildman–Crippen MR) is 82.9 cm³/mol. The van der Waals surface area contributed by atoms with Crippen molar-refractivity contribution in [1.82, 2.24) is 5.32 Å². The second-order valence-corrected chi connectivity index (χ2v) is 4.49. The lowest BCUT2D eigenvalue weighted by molar-refractivity contribution is 0.133. The van der Waals surface area contributed by atoms with Crippen LogP contribution in [0.5, 0.6) is 5.75 Å². The Kier molecular flexibility index (Phi) is 7.93. The van der Waals surface area contributed by atoms with Crippen molar-refractivity contribution in [2.75, 3.05) is 32.2 Å². The van der Waals surface area contributed by atoms with Crippen molar-refractivity contribution < 1.29 is 9.47 Å². The second kappa shape index (κ2) is 9.58. The normalized spacial score (nSPS) is 10.0. The molecule has 0 aromatic heterocycles. The van der Waals surface area contributed by atoms with E-state index >= 15 is 0 Å². The van der Waals surface area contributed by atoms with E-state index < -0.39 is 0 Å². The quantitative estimate of drug-likeness (QED) is 0.567. The zero-order chi connectivity index (χ0) is 13.9. The molecule has 1 aromatic rings. The second-order valence-electron chi connectivity index (χ2n) is 4.08. The molecule has 0 spiro atoms. The van der Waals surface area contributed by atoms with Crippen LogP contribution >= 0.6 is 12.2 Å². The molecule has 0 heterocycles. The van der Waals surface area contributed by atoms with Crippen LogP contribution in [0.4, 0.5) is 5.69 Å². The standard InChI is InChI=1S/C14H22N2O2S/c1-3-9-18-10-5-8-15-14(19)16-12-6-4-7-13(11-12)17-2/h4,6-7,11H,3,5,8-10H2,1-2H3,(H2,15,16,19). The van der Waals surface area contributed by atoms with Gasteiger partial charge >= 0.3 is 0 Å². The number of thiocarbonyl (C=S) groups is 1. The highest BCUT2D eigenvalue weighted by Crippen LogP contribution is 2.16. The predicted octanol–water partition coefficient (Wildman–Crippen LogP) is 2.80. The van der Waals surface area contributed by atoms with Gasteiger partial charge < -0.3 is 20.1 Å². The van der Waals surface area contributed by atoms with Gasteiger partial charge in [-0.1, -0.05) is 13.0 Å². The largest absolute Gasteiger partial charge is 0.497 e. The van der Waals surface area contributed by atoms with Crippen molar-refractivity contribution in [3.63, 3.8) is 0 Å². The maximum atomic E-state index is 5.39. The van der Waals surface area contributed by atoms with Gasteiger partial charge in [-0.3, -0.25) is 0 Å². The lowest BCUT2D eigenvalue weighted by Gasteiger charge is -2.11. The molecule has 0 radical (unpaired) electrons. The molecule has 0 saturated heterocycles. The van der Waals surface area contributed by atoms with Gasteiger partial charge in [0.2, 0.25) is 0 Å².